The van der Waals surface area contributed by atoms with Crippen molar-refractivity contribution >= 4 is 0 Å². The van der Waals surface area contributed by atoms with Crippen LogP contribution in [0.15, 0.2) is 47.5 Å². The molecule has 0 amide bonds. The van der Waals surface area contributed by atoms with Crippen LogP contribution in [0.5, 0.6) is 0 Å². The molecule has 0 bridgehead atoms. The van der Waals surface area contributed by atoms with Crippen molar-refractivity contribution < 1.29 is 9.26 Å². The highest BCUT2D eigenvalue weighted by Crippen LogP contribution is 2.12. The lowest BCUT2D eigenvalue weighted by atomic mass is 10.1. The number of rotatable bonds is 6. The lowest BCUT2D eigenvalue weighted by Gasteiger charge is -2.31. The van der Waals surface area contributed by atoms with Gasteiger partial charge in [-0.3, -0.25) is 9.58 Å². The zero-order valence-corrected chi connectivity index (χ0v) is 13.9. The molecule has 3 heterocycles. The molecule has 130 valence electrons. The van der Waals surface area contributed by atoms with Gasteiger partial charge in [-0.1, -0.05) is 35.5 Å². The van der Waals surface area contributed by atoms with E-state index in [9.17, 15) is 0 Å². The summed E-state index contributed by atoms with van der Waals surface area (Å²) in [5.41, 5.74) is 1.18. The molecule has 1 saturated heterocycles. The van der Waals surface area contributed by atoms with Crippen LogP contribution in [0.2, 0.25) is 0 Å². The monoisotopic (exact) mass is 340 g/mol. The van der Waals surface area contributed by atoms with Crippen molar-refractivity contribution in [2.24, 2.45) is 0 Å². The van der Waals surface area contributed by atoms with E-state index in [2.05, 4.69) is 37.3 Å². The Balaban J connectivity index is 1.32. The Labute approximate surface area is 145 Å². The van der Waals surface area contributed by atoms with Crippen LogP contribution in [-0.4, -0.2) is 55.6 Å². The van der Waals surface area contributed by atoms with E-state index in [4.69, 9.17) is 9.26 Å². The third kappa shape index (κ3) is 4.28. The minimum absolute atomic E-state index is 0.0853. The topological polar surface area (TPSA) is 82.1 Å². The third-order valence-corrected chi connectivity index (χ3v) is 4.15. The first kappa shape index (κ1) is 15.9. The van der Waals surface area contributed by atoms with Gasteiger partial charge >= 0.3 is 0 Å². The number of hydrogen-bond donors (Lipinski definition) is 0. The molecule has 1 aromatic carbocycles. The van der Waals surface area contributed by atoms with Crippen LogP contribution in [0.3, 0.4) is 0 Å². The fraction of sp³-hybridized carbons (Fsp3) is 0.412. The Bertz CT molecular complexity index is 774. The fourth-order valence-electron chi connectivity index (χ4n) is 2.97. The maximum absolute atomic E-state index is 5.81. The van der Waals surface area contributed by atoms with Gasteiger partial charge in [0.05, 0.1) is 25.8 Å². The van der Waals surface area contributed by atoms with Crippen molar-refractivity contribution in [1.82, 2.24) is 29.8 Å². The number of ether oxygens (including phenoxy) is 1. The fourth-order valence-corrected chi connectivity index (χ4v) is 2.97. The molecule has 4 rings (SSSR count). The molecule has 0 spiro atoms. The van der Waals surface area contributed by atoms with Gasteiger partial charge in [-0.05, 0) is 5.56 Å². The molecular formula is C17H20N6O2. The summed E-state index contributed by atoms with van der Waals surface area (Å²) in [7, 11) is 0. The van der Waals surface area contributed by atoms with Crippen LogP contribution in [0, 0.1) is 0 Å². The lowest BCUT2D eigenvalue weighted by molar-refractivity contribution is -0.0426. The van der Waals surface area contributed by atoms with E-state index in [0.717, 1.165) is 13.1 Å². The number of hydrogen-bond acceptors (Lipinski definition) is 7. The second-order valence-electron chi connectivity index (χ2n) is 6.11. The van der Waals surface area contributed by atoms with Crippen molar-refractivity contribution in [2.45, 2.75) is 25.6 Å². The van der Waals surface area contributed by atoms with Crippen molar-refractivity contribution in [2.75, 3.05) is 19.7 Å². The third-order valence-electron chi connectivity index (χ3n) is 4.15. The molecule has 0 N–H and O–H groups in total. The van der Waals surface area contributed by atoms with Gasteiger partial charge in [0.25, 0.3) is 0 Å². The number of aromatic nitrogens is 5. The van der Waals surface area contributed by atoms with E-state index >= 15 is 0 Å². The summed E-state index contributed by atoms with van der Waals surface area (Å²) in [5.74, 6) is 1.36. The van der Waals surface area contributed by atoms with Gasteiger partial charge in [0.2, 0.25) is 5.89 Å². The van der Waals surface area contributed by atoms with Gasteiger partial charge in [-0.2, -0.15) is 10.1 Å². The second kappa shape index (κ2) is 7.54. The Morgan fingerprint density at radius 3 is 2.96 bits per heavy atom. The molecule has 1 aliphatic rings. The maximum Gasteiger partial charge on any atom is 0.240 e. The molecule has 1 aliphatic heterocycles. The van der Waals surface area contributed by atoms with Gasteiger partial charge in [-0.25, -0.2) is 4.98 Å². The minimum Gasteiger partial charge on any atom is -0.374 e. The zero-order chi connectivity index (χ0) is 16.9. The number of nitrogens with zero attached hydrogens (tertiary/aromatic N) is 6. The van der Waals surface area contributed by atoms with Gasteiger partial charge < -0.3 is 9.26 Å². The molecule has 3 aromatic rings. The summed E-state index contributed by atoms with van der Waals surface area (Å²) in [6.07, 6.45) is 4.01. The van der Waals surface area contributed by atoms with Gasteiger partial charge in [-0.15, -0.1) is 0 Å². The lowest BCUT2D eigenvalue weighted by Crippen LogP contribution is -2.43. The first-order chi connectivity index (χ1) is 12.3. The van der Waals surface area contributed by atoms with Crippen molar-refractivity contribution in [3.05, 3.63) is 60.3 Å². The van der Waals surface area contributed by atoms with Gasteiger partial charge in [0, 0.05) is 19.5 Å². The molecular weight excluding hydrogens is 320 g/mol. The Morgan fingerprint density at radius 1 is 1.20 bits per heavy atom. The Hall–Kier alpha value is -2.58. The summed E-state index contributed by atoms with van der Waals surface area (Å²) in [6.45, 7) is 3.67. The first-order valence-corrected chi connectivity index (χ1v) is 8.37. The van der Waals surface area contributed by atoms with E-state index in [-0.39, 0.29) is 6.10 Å². The highest BCUT2D eigenvalue weighted by Gasteiger charge is 2.23. The summed E-state index contributed by atoms with van der Waals surface area (Å²) in [6, 6.07) is 10.2. The SMILES string of the molecule is c1ccc(Cc2noc(CN3CCO[C@H](Cn4cncn4)C3)n2)cc1. The predicted molar refractivity (Wildman–Crippen MR) is 88.6 cm³/mol. The van der Waals surface area contributed by atoms with Crippen LogP contribution in [0.4, 0.5) is 0 Å². The van der Waals surface area contributed by atoms with Crippen LogP contribution >= 0.6 is 0 Å². The summed E-state index contributed by atoms with van der Waals surface area (Å²) in [4.78, 5) is 10.7. The van der Waals surface area contributed by atoms with E-state index in [1.165, 1.54) is 11.9 Å². The number of benzene rings is 1. The zero-order valence-electron chi connectivity index (χ0n) is 13.9. The highest BCUT2D eigenvalue weighted by atomic mass is 16.5. The molecule has 2 aromatic heterocycles. The molecule has 8 heteroatoms. The molecule has 1 fully saturated rings. The molecule has 8 nitrogen and oxygen atoms in total. The van der Waals surface area contributed by atoms with Crippen LogP contribution < -0.4 is 0 Å². The number of morpholine rings is 1. The molecule has 0 saturated carbocycles. The van der Waals surface area contributed by atoms with E-state index in [0.29, 0.717) is 37.8 Å². The van der Waals surface area contributed by atoms with E-state index in [1.54, 1.807) is 11.0 Å². The van der Waals surface area contributed by atoms with Gasteiger partial charge in [0.15, 0.2) is 5.82 Å². The van der Waals surface area contributed by atoms with Crippen LogP contribution in [-0.2, 0) is 24.2 Å². The average molecular weight is 340 g/mol. The maximum atomic E-state index is 5.81. The quantitative estimate of drug-likeness (QED) is 0.666. The summed E-state index contributed by atoms with van der Waals surface area (Å²) in [5, 5.41) is 8.22. The van der Waals surface area contributed by atoms with E-state index in [1.807, 2.05) is 18.2 Å². The van der Waals surface area contributed by atoms with Crippen molar-refractivity contribution in [3.63, 3.8) is 0 Å². The van der Waals surface area contributed by atoms with Crippen LogP contribution in [0.1, 0.15) is 17.3 Å². The van der Waals surface area contributed by atoms with Crippen LogP contribution in [0.25, 0.3) is 0 Å². The summed E-state index contributed by atoms with van der Waals surface area (Å²) < 4.78 is 13.0. The highest BCUT2D eigenvalue weighted by molar-refractivity contribution is 5.18. The van der Waals surface area contributed by atoms with Crippen molar-refractivity contribution in [3.8, 4) is 0 Å². The molecule has 1 atom stereocenters. The predicted octanol–water partition coefficient (Wildman–Crippen LogP) is 1.15. The molecule has 25 heavy (non-hydrogen) atoms. The molecule has 0 radical (unpaired) electrons. The standard InChI is InChI=1S/C17H20N6O2/c1-2-4-14(5-3-1)8-16-20-17(25-21-16)11-22-6-7-24-15(9-22)10-23-13-18-12-19-23/h1-5,12-13,15H,6-11H2/t15-/m0/s1. The Kier molecular flexibility index (Phi) is 4.80. The molecule has 0 aliphatic carbocycles. The first-order valence-electron chi connectivity index (χ1n) is 8.37. The Morgan fingerprint density at radius 2 is 2.12 bits per heavy atom. The van der Waals surface area contributed by atoms with Crippen molar-refractivity contribution in [1.29, 1.82) is 0 Å². The van der Waals surface area contributed by atoms with E-state index < -0.39 is 0 Å². The normalized spacial score (nSPS) is 18.5. The average Bonchev–Trinajstić information content (AvgIpc) is 3.29. The summed E-state index contributed by atoms with van der Waals surface area (Å²) >= 11 is 0. The smallest absolute Gasteiger partial charge is 0.240 e. The second-order valence-corrected chi connectivity index (χ2v) is 6.11. The molecule has 0 unspecified atom stereocenters. The largest absolute Gasteiger partial charge is 0.374 e. The minimum atomic E-state index is 0.0853. The van der Waals surface area contributed by atoms with Gasteiger partial charge in [0.1, 0.15) is 12.7 Å².